The summed E-state index contributed by atoms with van der Waals surface area (Å²) in [5, 5.41) is 11.4. The average molecular weight is 411 g/mol. The Bertz CT molecular complexity index is 1210. The first-order valence-electron chi connectivity index (χ1n) is 9.63. The maximum atomic E-state index is 12.6. The molecule has 3 aromatic rings. The van der Waals surface area contributed by atoms with E-state index in [0.29, 0.717) is 17.1 Å². The zero-order valence-electron chi connectivity index (χ0n) is 17.7. The number of nitrogens with zero attached hydrogens (tertiary/aromatic N) is 6. The van der Waals surface area contributed by atoms with Crippen LogP contribution in [0.25, 0.3) is 5.82 Å². The summed E-state index contributed by atoms with van der Waals surface area (Å²) in [7, 11) is 0. The molecule has 30 heavy (non-hydrogen) atoms. The molecule has 0 aromatic carbocycles. The first-order valence-corrected chi connectivity index (χ1v) is 9.63. The molecule has 158 valence electrons. The van der Waals surface area contributed by atoms with Crippen molar-refractivity contribution in [2.45, 2.75) is 47.2 Å². The Labute approximate surface area is 173 Å². The van der Waals surface area contributed by atoms with Gasteiger partial charge in [0.1, 0.15) is 6.04 Å². The molecular formula is C20H25N7O3. The van der Waals surface area contributed by atoms with Crippen LogP contribution >= 0.6 is 0 Å². The molecule has 0 bridgehead atoms. The standard InChI is InChI=1S/C20H25N7O3/c1-12-10-13(2)26(23-12)17-6-7-18(28)27(24-17)16(5)19(29)21-8-9-25-11-22-15(4)14(3)20(25)30/h6-7,10-11,16H,8-9H2,1-5H3,(H,21,29). The smallest absolute Gasteiger partial charge is 0.267 e. The zero-order valence-corrected chi connectivity index (χ0v) is 17.7. The molecule has 0 saturated carbocycles. The molecule has 0 aliphatic rings. The summed E-state index contributed by atoms with van der Waals surface area (Å²) in [4.78, 5) is 41.2. The van der Waals surface area contributed by atoms with Gasteiger partial charge in [-0.15, -0.1) is 5.10 Å². The fourth-order valence-corrected chi connectivity index (χ4v) is 3.06. The first-order chi connectivity index (χ1) is 14.2. The fraction of sp³-hybridized carbons (Fsp3) is 0.400. The topological polar surface area (TPSA) is 117 Å². The van der Waals surface area contributed by atoms with Gasteiger partial charge in [0.2, 0.25) is 5.91 Å². The van der Waals surface area contributed by atoms with Crippen molar-refractivity contribution in [1.82, 2.24) is 34.4 Å². The number of aryl methyl sites for hydroxylation is 3. The Hall–Kier alpha value is -3.56. The lowest BCUT2D eigenvalue weighted by Crippen LogP contribution is -2.39. The third kappa shape index (κ3) is 4.22. The summed E-state index contributed by atoms with van der Waals surface area (Å²) in [6, 6.07) is 4.01. The second-order valence-electron chi connectivity index (χ2n) is 7.23. The highest BCUT2D eigenvalue weighted by Gasteiger charge is 2.18. The van der Waals surface area contributed by atoms with Crippen LogP contribution < -0.4 is 16.4 Å². The molecule has 3 heterocycles. The fourth-order valence-electron chi connectivity index (χ4n) is 3.06. The van der Waals surface area contributed by atoms with Crippen molar-refractivity contribution in [2.24, 2.45) is 0 Å². The number of aromatic nitrogens is 6. The molecule has 3 aromatic heterocycles. The number of amides is 1. The van der Waals surface area contributed by atoms with Crippen LogP contribution in [-0.2, 0) is 11.3 Å². The van der Waals surface area contributed by atoms with E-state index in [2.05, 4.69) is 20.5 Å². The molecule has 10 heteroatoms. The summed E-state index contributed by atoms with van der Waals surface area (Å²) in [5.74, 6) is 0.0765. The van der Waals surface area contributed by atoms with Gasteiger partial charge in [0.25, 0.3) is 11.1 Å². The van der Waals surface area contributed by atoms with Gasteiger partial charge in [-0.1, -0.05) is 0 Å². The molecule has 0 fully saturated rings. The molecule has 1 atom stereocenters. The molecule has 1 amide bonds. The highest BCUT2D eigenvalue weighted by molar-refractivity contribution is 5.79. The monoisotopic (exact) mass is 411 g/mol. The lowest BCUT2D eigenvalue weighted by Gasteiger charge is -2.15. The summed E-state index contributed by atoms with van der Waals surface area (Å²) < 4.78 is 4.20. The number of nitrogens with one attached hydrogen (secondary N) is 1. The Morgan fingerprint density at radius 1 is 1.13 bits per heavy atom. The Kier molecular flexibility index (Phi) is 5.95. The van der Waals surface area contributed by atoms with Gasteiger partial charge in [0.15, 0.2) is 5.82 Å². The van der Waals surface area contributed by atoms with Crippen LogP contribution in [0.1, 0.15) is 35.6 Å². The minimum Gasteiger partial charge on any atom is -0.352 e. The van der Waals surface area contributed by atoms with Crippen molar-refractivity contribution >= 4 is 5.91 Å². The predicted octanol–water partition coefficient (Wildman–Crippen LogP) is 0.597. The number of hydrogen-bond acceptors (Lipinski definition) is 6. The second-order valence-corrected chi connectivity index (χ2v) is 7.23. The molecule has 1 unspecified atom stereocenters. The van der Waals surface area contributed by atoms with Gasteiger partial charge in [-0.3, -0.25) is 19.0 Å². The van der Waals surface area contributed by atoms with Crippen LogP contribution in [0.2, 0.25) is 0 Å². The third-order valence-electron chi connectivity index (χ3n) is 4.95. The molecule has 10 nitrogen and oxygen atoms in total. The van der Waals surface area contributed by atoms with Crippen molar-refractivity contribution in [1.29, 1.82) is 0 Å². The Morgan fingerprint density at radius 3 is 2.53 bits per heavy atom. The van der Waals surface area contributed by atoms with Crippen LogP contribution in [0.5, 0.6) is 0 Å². The quantitative estimate of drug-likeness (QED) is 0.635. The first kappa shape index (κ1) is 21.2. The van der Waals surface area contributed by atoms with Gasteiger partial charge >= 0.3 is 0 Å². The summed E-state index contributed by atoms with van der Waals surface area (Å²) >= 11 is 0. The van der Waals surface area contributed by atoms with Crippen LogP contribution in [0, 0.1) is 27.7 Å². The van der Waals surface area contributed by atoms with E-state index in [-0.39, 0.29) is 24.6 Å². The molecule has 0 aliphatic carbocycles. The Balaban J connectivity index is 1.72. The minimum absolute atomic E-state index is 0.139. The largest absolute Gasteiger partial charge is 0.352 e. The van der Waals surface area contributed by atoms with Crippen LogP contribution in [-0.4, -0.2) is 41.6 Å². The van der Waals surface area contributed by atoms with E-state index in [0.717, 1.165) is 16.1 Å². The highest BCUT2D eigenvalue weighted by Crippen LogP contribution is 2.09. The van der Waals surface area contributed by atoms with Gasteiger partial charge < -0.3 is 5.32 Å². The van der Waals surface area contributed by atoms with Gasteiger partial charge in [-0.25, -0.2) is 14.3 Å². The zero-order chi connectivity index (χ0) is 22.0. The van der Waals surface area contributed by atoms with E-state index in [1.54, 1.807) is 31.5 Å². The molecule has 0 aliphatic heterocycles. The van der Waals surface area contributed by atoms with Gasteiger partial charge in [-0.05, 0) is 46.8 Å². The maximum absolute atomic E-state index is 12.6. The Morgan fingerprint density at radius 2 is 1.87 bits per heavy atom. The van der Waals surface area contributed by atoms with Gasteiger partial charge in [0, 0.05) is 36.1 Å². The summed E-state index contributed by atoms with van der Waals surface area (Å²) in [6.45, 7) is 9.34. The number of rotatable bonds is 6. The number of carbonyl (C=O) groups excluding carboxylic acids is 1. The maximum Gasteiger partial charge on any atom is 0.267 e. The lowest BCUT2D eigenvalue weighted by atomic mass is 10.3. The normalized spacial score (nSPS) is 12.0. The highest BCUT2D eigenvalue weighted by atomic mass is 16.2. The van der Waals surface area contributed by atoms with E-state index in [4.69, 9.17) is 0 Å². The van der Waals surface area contributed by atoms with Crippen LogP contribution in [0.3, 0.4) is 0 Å². The van der Waals surface area contributed by atoms with E-state index in [1.807, 2.05) is 19.9 Å². The molecule has 0 spiro atoms. The molecular weight excluding hydrogens is 386 g/mol. The van der Waals surface area contributed by atoms with E-state index < -0.39 is 11.6 Å². The number of carbonyl (C=O) groups is 1. The SMILES string of the molecule is Cc1cc(C)n(-c2ccc(=O)n(C(C)C(=O)NCCn3cnc(C)c(C)c3=O)n2)n1. The van der Waals surface area contributed by atoms with E-state index in [9.17, 15) is 14.4 Å². The lowest BCUT2D eigenvalue weighted by molar-refractivity contribution is -0.124. The molecule has 0 saturated heterocycles. The van der Waals surface area contributed by atoms with E-state index in [1.165, 1.54) is 17.0 Å². The molecule has 0 radical (unpaired) electrons. The average Bonchev–Trinajstić information content (AvgIpc) is 3.05. The van der Waals surface area contributed by atoms with E-state index >= 15 is 0 Å². The van der Waals surface area contributed by atoms with Crippen molar-refractivity contribution in [2.75, 3.05) is 6.54 Å². The predicted molar refractivity (Wildman–Crippen MR) is 111 cm³/mol. The van der Waals surface area contributed by atoms with Crippen molar-refractivity contribution in [3.63, 3.8) is 0 Å². The van der Waals surface area contributed by atoms with Crippen LogP contribution in [0.15, 0.2) is 34.1 Å². The number of hydrogen-bond donors (Lipinski definition) is 1. The van der Waals surface area contributed by atoms with Gasteiger partial charge in [0.05, 0.1) is 12.0 Å². The third-order valence-corrected chi connectivity index (χ3v) is 4.95. The molecule has 1 N–H and O–H groups in total. The minimum atomic E-state index is -0.830. The van der Waals surface area contributed by atoms with Gasteiger partial charge in [-0.2, -0.15) is 5.10 Å². The van der Waals surface area contributed by atoms with Crippen molar-refractivity contribution < 1.29 is 4.79 Å². The summed E-state index contributed by atoms with van der Waals surface area (Å²) in [5.41, 5.74) is 2.43. The van der Waals surface area contributed by atoms with Crippen LogP contribution in [0.4, 0.5) is 0 Å². The second kappa shape index (κ2) is 8.44. The molecule has 3 rings (SSSR count). The summed E-state index contributed by atoms with van der Waals surface area (Å²) in [6.07, 6.45) is 1.46. The van der Waals surface area contributed by atoms with Crippen molar-refractivity contribution in [3.05, 3.63) is 67.9 Å². The van der Waals surface area contributed by atoms with Crippen molar-refractivity contribution in [3.8, 4) is 5.82 Å².